The van der Waals surface area contributed by atoms with Gasteiger partial charge in [-0.15, -0.1) is 0 Å². The number of allylic oxidation sites excluding steroid dienone is 3. The number of benzene rings is 3. The van der Waals surface area contributed by atoms with Crippen LogP contribution in [-0.2, 0) is 14.3 Å². The van der Waals surface area contributed by atoms with E-state index in [1.165, 1.54) is 22.3 Å². The molecule has 0 aliphatic heterocycles. The fourth-order valence-corrected chi connectivity index (χ4v) is 7.00. The van der Waals surface area contributed by atoms with E-state index in [1.54, 1.807) is 26.4 Å². The van der Waals surface area contributed by atoms with Crippen molar-refractivity contribution in [2.75, 3.05) is 20.8 Å². The van der Waals surface area contributed by atoms with Crippen molar-refractivity contribution in [2.24, 2.45) is 11.8 Å². The number of para-hydroxylation sites is 2. The minimum Gasteiger partial charge on any atom is -0.496 e. The molecule has 3 aromatic carbocycles. The van der Waals surface area contributed by atoms with Gasteiger partial charge in [-0.3, -0.25) is 9.59 Å². The van der Waals surface area contributed by atoms with Crippen molar-refractivity contribution in [1.29, 1.82) is 0 Å². The molecule has 0 aromatic heterocycles. The van der Waals surface area contributed by atoms with Gasteiger partial charge in [0.25, 0.3) is 0 Å². The molecule has 3 aliphatic carbocycles. The number of fused-ring (bicyclic) bond motifs is 2. The summed E-state index contributed by atoms with van der Waals surface area (Å²) in [6, 6.07) is 22.9. The Hall–Kier alpha value is -4.32. The predicted molar refractivity (Wildman–Crippen MR) is 152 cm³/mol. The van der Waals surface area contributed by atoms with Crippen molar-refractivity contribution >= 4 is 17.5 Å². The van der Waals surface area contributed by atoms with Gasteiger partial charge in [0.15, 0.2) is 0 Å². The number of carbonyl (C=O) groups excluding carboxylic acids is 1. The summed E-state index contributed by atoms with van der Waals surface area (Å²) in [7, 11) is 3.11. The quantitative estimate of drug-likeness (QED) is 0.338. The third kappa shape index (κ3) is 4.19. The minimum absolute atomic E-state index is 0.00938. The smallest absolute Gasteiger partial charge is 0.310 e. The molecule has 1 unspecified atom stereocenters. The Bertz CT molecular complexity index is 1460. The van der Waals surface area contributed by atoms with Crippen molar-refractivity contribution in [3.05, 3.63) is 113 Å². The number of aliphatic carboxylic acids is 1. The van der Waals surface area contributed by atoms with E-state index >= 15 is 0 Å². The molecule has 6 nitrogen and oxygen atoms in total. The Kier molecular flexibility index (Phi) is 6.93. The number of esters is 1. The van der Waals surface area contributed by atoms with E-state index in [-0.39, 0.29) is 12.5 Å². The molecule has 40 heavy (non-hydrogen) atoms. The molecule has 1 fully saturated rings. The van der Waals surface area contributed by atoms with Crippen molar-refractivity contribution < 1.29 is 28.9 Å². The summed E-state index contributed by atoms with van der Waals surface area (Å²) in [5.41, 5.74) is 6.29. The molecule has 0 bridgehead atoms. The van der Waals surface area contributed by atoms with Crippen molar-refractivity contribution in [3.8, 4) is 11.5 Å². The Morgan fingerprint density at radius 3 is 1.98 bits per heavy atom. The lowest BCUT2D eigenvalue weighted by Gasteiger charge is -2.49. The van der Waals surface area contributed by atoms with E-state index in [2.05, 4.69) is 24.3 Å². The van der Waals surface area contributed by atoms with Crippen LogP contribution in [0.5, 0.6) is 11.5 Å². The van der Waals surface area contributed by atoms with Gasteiger partial charge in [0.2, 0.25) is 0 Å². The fourth-order valence-electron chi connectivity index (χ4n) is 7.00. The summed E-state index contributed by atoms with van der Waals surface area (Å²) >= 11 is 0. The monoisotopic (exact) mass is 536 g/mol. The van der Waals surface area contributed by atoms with Gasteiger partial charge in [0, 0.05) is 17.8 Å². The largest absolute Gasteiger partial charge is 0.496 e. The molecule has 204 valence electrons. The van der Waals surface area contributed by atoms with Crippen molar-refractivity contribution in [1.82, 2.24) is 0 Å². The Labute approximate surface area is 233 Å². The average molecular weight is 537 g/mol. The maximum atomic E-state index is 14.1. The Morgan fingerprint density at radius 2 is 1.38 bits per heavy atom. The van der Waals surface area contributed by atoms with Crippen LogP contribution < -0.4 is 9.47 Å². The number of carbonyl (C=O) groups is 2. The first-order valence-corrected chi connectivity index (χ1v) is 13.7. The first-order chi connectivity index (χ1) is 19.5. The van der Waals surface area contributed by atoms with Gasteiger partial charge in [0.05, 0.1) is 26.1 Å². The highest BCUT2D eigenvalue weighted by molar-refractivity contribution is 5.87. The minimum atomic E-state index is -0.968. The lowest BCUT2D eigenvalue weighted by molar-refractivity contribution is -0.164. The van der Waals surface area contributed by atoms with E-state index < -0.39 is 35.6 Å². The van der Waals surface area contributed by atoms with Crippen LogP contribution in [-0.4, -0.2) is 37.9 Å². The number of carboxylic acids is 1. The van der Waals surface area contributed by atoms with Crippen LogP contribution in [0.1, 0.15) is 52.8 Å². The molecule has 1 saturated carbocycles. The zero-order chi connectivity index (χ0) is 27.8. The second-order valence-electron chi connectivity index (χ2n) is 10.6. The molecule has 0 amide bonds. The Balaban J connectivity index is 1.36. The summed E-state index contributed by atoms with van der Waals surface area (Å²) in [5, 5.41) is 10.4. The van der Waals surface area contributed by atoms with Crippen LogP contribution in [0.25, 0.3) is 5.57 Å². The molecule has 6 heteroatoms. The van der Waals surface area contributed by atoms with Crippen LogP contribution in [0.4, 0.5) is 0 Å². The van der Waals surface area contributed by atoms with Crippen LogP contribution in [0.3, 0.4) is 0 Å². The molecule has 0 spiro atoms. The highest BCUT2D eigenvalue weighted by atomic mass is 16.5. The summed E-state index contributed by atoms with van der Waals surface area (Å²) in [6.45, 7) is 0.216. The van der Waals surface area contributed by atoms with E-state index in [0.717, 1.165) is 12.8 Å². The summed E-state index contributed by atoms with van der Waals surface area (Å²) in [6.07, 6.45) is 6.27. The second-order valence-corrected chi connectivity index (χ2v) is 10.6. The fraction of sp³-hybridized carbons (Fsp3) is 0.294. The first-order valence-electron chi connectivity index (χ1n) is 13.7. The molecule has 1 N–H and O–H groups in total. The van der Waals surface area contributed by atoms with Gasteiger partial charge in [-0.05, 0) is 52.8 Å². The van der Waals surface area contributed by atoms with Gasteiger partial charge in [-0.2, -0.15) is 0 Å². The average Bonchev–Trinajstić information content (AvgIpc) is 3.29. The second kappa shape index (κ2) is 10.7. The number of methoxy groups -OCH3 is 2. The molecule has 3 atom stereocenters. The highest BCUT2D eigenvalue weighted by Crippen LogP contribution is 2.61. The predicted octanol–water partition coefficient (Wildman–Crippen LogP) is 6.35. The van der Waals surface area contributed by atoms with E-state index in [0.29, 0.717) is 22.6 Å². The van der Waals surface area contributed by atoms with Gasteiger partial charge in [-0.1, -0.05) is 78.4 Å². The number of hydrogen-bond donors (Lipinski definition) is 1. The number of ether oxygens (including phenoxy) is 3. The van der Waals surface area contributed by atoms with Crippen molar-refractivity contribution in [2.45, 2.75) is 30.6 Å². The zero-order valence-electron chi connectivity index (χ0n) is 22.6. The van der Waals surface area contributed by atoms with Gasteiger partial charge in [0.1, 0.15) is 18.1 Å². The van der Waals surface area contributed by atoms with Crippen LogP contribution in [0.15, 0.2) is 90.5 Å². The maximum absolute atomic E-state index is 14.1. The summed E-state index contributed by atoms with van der Waals surface area (Å²) in [4.78, 5) is 26.8. The highest BCUT2D eigenvalue weighted by Gasteiger charge is 2.60. The third-order valence-corrected chi connectivity index (χ3v) is 8.75. The Morgan fingerprint density at radius 1 is 0.800 bits per heavy atom. The summed E-state index contributed by atoms with van der Waals surface area (Å²) < 4.78 is 17.3. The normalized spacial score (nSPS) is 24.5. The first kappa shape index (κ1) is 25.9. The molecular weight excluding hydrogens is 504 g/mol. The molecule has 6 rings (SSSR count). The molecule has 3 aliphatic rings. The number of hydrogen-bond acceptors (Lipinski definition) is 5. The van der Waals surface area contributed by atoms with Gasteiger partial charge < -0.3 is 19.3 Å². The standard InChI is InChI=1S/C34H32O6/c1-38-27-17-9-7-15-24(27)29-31(33(35)36)30(25-16-8-10-18-28(25)39-2)32(29)34(37)40-19-26-22-13-5-3-11-20(22)21-12-4-6-14-23(21)26/h3-5,7-13,15-18,26,29-32H,6,14,19H2,1-2H3,(H,35,36)/t26?,29-,30-,31?,32?/m0/s1. The van der Waals surface area contributed by atoms with E-state index in [1.807, 2.05) is 48.5 Å². The van der Waals surface area contributed by atoms with E-state index in [9.17, 15) is 14.7 Å². The van der Waals surface area contributed by atoms with Gasteiger partial charge in [-0.25, -0.2) is 0 Å². The van der Waals surface area contributed by atoms with Crippen molar-refractivity contribution in [3.63, 3.8) is 0 Å². The summed E-state index contributed by atoms with van der Waals surface area (Å²) in [5.74, 6) is -3.05. The molecule has 0 radical (unpaired) electrons. The topological polar surface area (TPSA) is 82.1 Å². The maximum Gasteiger partial charge on any atom is 0.310 e. The lowest BCUT2D eigenvalue weighted by Crippen LogP contribution is -2.51. The van der Waals surface area contributed by atoms with Crippen LogP contribution >= 0.6 is 0 Å². The zero-order valence-corrected chi connectivity index (χ0v) is 22.6. The third-order valence-electron chi connectivity index (χ3n) is 8.75. The SMILES string of the molecule is COc1ccccc1[C@H]1C(C(=O)O)[C@H](c2ccccc2OC)C1C(=O)OCC1C2=C(C=CCC2)c2ccccc21. The molecule has 0 saturated heterocycles. The lowest BCUT2D eigenvalue weighted by atomic mass is 9.52. The van der Waals surface area contributed by atoms with Crippen LogP contribution in [0, 0.1) is 11.8 Å². The molecule has 3 aromatic rings. The number of carboxylic acid groups (broad SMARTS) is 1. The van der Waals surface area contributed by atoms with E-state index in [4.69, 9.17) is 14.2 Å². The van der Waals surface area contributed by atoms with Gasteiger partial charge >= 0.3 is 11.9 Å². The number of rotatable bonds is 8. The molecular formula is C34H32O6. The molecule has 0 heterocycles. The van der Waals surface area contributed by atoms with Crippen LogP contribution in [0.2, 0.25) is 0 Å².